The van der Waals surface area contributed by atoms with Crippen molar-refractivity contribution in [2.24, 2.45) is 0 Å². The maximum absolute atomic E-state index is 15.0. The molecule has 0 saturated carbocycles. The highest BCUT2D eigenvalue weighted by Gasteiger charge is 2.33. The lowest BCUT2D eigenvalue weighted by atomic mass is 10.2. The van der Waals surface area contributed by atoms with Crippen LogP contribution >= 0.6 is 0 Å². The van der Waals surface area contributed by atoms with Crippen LogP contribution in [0, 0.1) is 5.82 Å². The van der Waals surface area contributed by atoms with Crippen LogP contribution in [0.15, 0.2) is 42.5 Å². The van der Waals surface area contributed by atoms with Crippen LogP contribution in [0.5, 0.6) is 5.75 Å². The molecule has 0 radical (unpaired) electrons. The highest BCUT2D eigenvalue weighted by molar-refractivity contribution is 5.91. The maximum atomic E-state index is 15.0. The number of halogens is 1. The monoisotopic (exact) mass is 485 g/mol. The van der Waals surface area contributed by atoms with E-state index in [9.17, 15) is 14.4 Å². The SMILES string of the molecule is COc1ccccc1NC(=O)N1CCN(c2ccc(N3C[C@H](CNC(C)=O)OC3=O)cc2F)CC1. The van der Waals surface area contributed by atoms with Gasteiger partial charge in [0.25, 0.3) is 0 Å². The first-order chi connectivity index (χ1) is 16.9. The summed E-state index contributed by atoms with van der Waals surface area (Å²) in [6.45, 7) is 3.57. The number of urea groups is 1. The van der Waals surface area contributed by atoms with Gasteiger partial charge < -0.3 is 29.9 Å². The van der Waals surface area contributed by atoms with Crippen molar-refractivity contribution in [3.63, 3.8) is 0 Å². The van der Waals surface area contributed by atoms with E-state index in [1.807, 2.05) is 17.0 Å². The highest BCUT2D eigenvalue weighted by Crippen LogP contribution is 2.29. The Morgan fingerprint density at radius 1 is 1.14 bits per heavy atom. The molecule has 0 bridgehead atoms. The molecule has 2 aromatic rings. The predicted molar refractivity (Wildman–Crippen MR) is 128 cm³/mol. The molecule has 2 fully saturated rings. The highest BCUT2D eigenvalue weighted by atomic mass is 19.1. The molecule has 2 aromatic carbocycles. The van der Waals surface area contributed by atoms with E-state index in [-0.39, 0.29) is 25.0 Å². The predicted octanol–water partition coefficient (Wildman–Crippen LogP) is 2.65. The Bertz CT molecular complexity index is 1110. The van der Waals surface area contributed by atoms with Crippen LogP contribution < -0.4 is 25.2 Å². The van der Waals surface area contributed by atoms with Crippen LogP contribution in [-0.2, 0) is 9.53 Å². The van der Waals surface area contributed by atoms with Crippen molar-refractivity contribution in [2.45, 2.75) is 13.0 Å². The summed E-state index contributed by atoms with van der Waals surface area (Å²) in [6.07, 6.45) is -1.08. The van der Waals surface area contributed by atoms with Gasteiger partial charge in [-0.3, -0.25) is 9.69 Å². The lowest BCUT2D eigenvalue weighted by molar-refractivity contribution is -0.119. The first kappa shape index (κ1) is 24.1. The number of carbonyl (C=O) groups excluding carboxylic acids is 3. The number of hydrogen-bond acceptors (Lipinski definition) is 6. The Labute approximate surface area is 202 Å². The van der Waals surface area contributed by atoms with E-state index >= 15 is 4.39 Å². The van der Waals surface area contributed by atoms with Crippen LogP contribution in [0.4, 0.5) is 31.0 Å². The number of cyclic esters (lactones) is 1. The van der Waals surface area contributed by atoms with Crippen molar-refractivity contribution in [3.05, 3.63) is 48.3 Å². The summed E-state index contributed by atoms with van der Waals surface area (Å²) in [5, 5.41) is 5.47. The van der Waals surface area contributed by atoms with Crippen LogP contribution in [0.1, 0.15) is 6.92 Å². The second kappa shape index (κ2) is 10.5. The topological polar surface area (TPSA) is 103 Å². The zero-order chi connectivity index (χ0) is 24.9. The summed E-state index contributed by atoms with van der Waals surface area (Å²) in [5.41, 5.74) is 1.38. The Morgan fingerprint density at radius 3 is 2.57 bits per heavy atom. The third kappa shape index (κ3) is 5.56. The molecule has 2 N–H and O–H groups in total. The molecule has 2 saturated heterocycles. The number of rotatable bonds is 6. The summed E-state index contributed by atoms with van der Waals surface area (Å²) >= 11 is 0. The molecule has 2 heterocycles. The molecule has 11 heteroatoms. The van der Waals surface area contributed by atoms with E-state index in [4.69, 9.17) is 9.47 Å². The lowest BCUT2D eigenvalue weighted by Crippen LogP contribution is -2.50. The Hall–Kier alpha value is -4.02. The van der Waals surface area contributed by atoms with Gasteiger partial charge in [-0.2, -0.15) is 0 Å². The van der Waals surface area contributed by atoms with Gasteiger partial charge in [0.1, 0.15) is 17.7 Å². The molecule has 35 heavy (non-hydrogen) atoms. The number of benzene rings is 2. The van der Waals surface area contributed by atoms with Crippen molar-refractivity contribution < 1.29 is 28.2 Å². The number of para-hydroxylation sites is 2. The van der Waals surface area contributed by atoms with Gasteiger partial charge in [-0.05, 0) is 30.3 Å². The summed E-state index contributed by atoms with van der Waals surface area (Å²) in [6, 6.07) is 11.5. The summed E-state index contributed by atoms with van der Waals surface area (Å²) in [4.78, 5) is 40.8. The van der Waals surface area contributed by atoms with E-state index in [0.29, 0.717) is 49.0 Å². The van der Waals surface area contributed by atoms with Crippen LogP contribution in [0.2, 0.25) is 0 Å². The van der Waals surface area contributed by atoms with Crippen molar-refractivity contribution in [3.8, 4) is 5.75 Å². The molecule has 2 aliphatic heterocycles. The number of carbonyl (C=O) groups is 3. The minimum atomic E-state index is -0.581. The molecule has 0 spiro atoms. The van der Waals surface area contributed by atoms with Crippen LogP contribution in [-0.4, -0.2) is 75.4 Å². The normalized spacial score (nSPS) is 17.7. The van der Waals surface area contributed by atoms with Crippen LogP contribution in [0.3, 0.4) is 0 Å². The number of amides is 4. The smallest absolute Gasteiger partial charge is 0.414 e. The number of piperazine rings is 1. The molecule has 1 atom stereocenters. The summed E-state index contributed by atoms with van der Waals surface area (Å²) in [7, 11) is 1.54. The molecule has 0 aliphatic carbocycles. The second-order valence-corrected chi connectivity index (χ2v) is 8.29. The van der Waals surface area contributed by atoms with Crippen molar-refractivity contribution in [1.29, 1.82) is 0 Å². The number of ether oxygens (including phenoxy) is 2. The van der Waals surface area contributed by atoms with E-state index in [1.165, 1.54) is 17.9 Å². The van der Waals surface area contributed by atoms with Crippen molar-refractivity contribution in [1.82, 2.24) is 10.2 Å². The van der Waals surface area contributed by atoms with Gasteiger partial charge in [-0.15, -0.1) is 0 Å². The molecule has 4 amide bonds. The van der Waals surface area contributed by atoms with E-state index in [1.54, 1.807) is 36.3 Å². The number of anilines is 3. The van der Waals surface area contributed by atoms with Crippen LogP contribution in [0.25, 0.3) is 0 Å². The lowest BCUT2D eigenvalue weighted by Gasteiger charge is -2.36. The number of nitrogens with zero attached hydrogens (tertiary/aromatic N) is 3. The fourth-order valence-electron chi connectivity index (χ4n) is 4.11. The molecular weight excluding hydrogens is 457 g/mol. The maximum Gasteiger partial charge on any atom is 0.414 e. The number of nitrogens with one attached hydrogen (secondary N) is 2. The van der Waals surface area contributed by atoms with Crippen molar-refractivity contribution >= 4 is 35.1 Å². The quantitative estimate of drug-likeness (QED) is 0.652. The van der Waals surface area contributed by atoms with Gasteiger partial charge in [0.05, 0.1) is 37.3 Å². The van der Waals surface area contributed by atoms with E-state index in [2.05, 4.69) is 10.6 Å². The zero-order valence-corrected chi connectivity index (χ0v) is 19.6. The minimum absolute atomic E-state index is 0.201. The van der Waals surface area contributed by atoms with E-state index < -0.39 is 18.0 Å². The standard InChI is InChI=1S/C24H28FN5O5/c1-16(31)26-14-18-15-30(24(33)35-18)17-7-8-21(19(25)13-17)28-9-11-29(12-10-28)23(32)27-20-5-3-4-6-22(20)34-2/h3-8,13,18H,9-12,14-15H2,1-2H3,(H,26,31)(H,27,32)/t18-/m0/s1. The number of hydrogen-bond donors (Lipinski definition) is 2. The summed E-state index contributed by atoms with van der Waals surface area (Å²) in [5.74, 6) is -0.107. The minimum Gasteiger partial charge on any atom is -0.495 e. The Balaban J connectivity index is 1.34. The fourth-order valence-corrected chi connectivity index (χ4v) is 4.11. The van der Waals surface area contributed by atoms with Gasteiger partial charge >= 0.3 is 12.1 Å². The van der Waals surface area contributed by atoms with Gasteiger partial charge in [-0.1, -0.05) is 12.1 Å². The molecular formula is C24H28FN5O5. The average Bonchev–Trinajstić information content (AvgIpc) is 3.23. The van der Waals surface area contributed by atoms with Gasteiger partial charge in [0, 0.05) is 33.1 Å². The first-order valence-corrected chi connectivity index (χ1v) is 11.3. The fraction of sp³-hybridized carbons (Fsp3) is 0.375. The van der Waals surface area contributed by atoms with Gasteiger partial charge in [0.15, 0.2) is 0 Å². The first-order valence-electron chi connectivity index (χ1n) is 11.3. The largest absolute Gasteiger partial charge is 0.495 e. The van der Waals surface area contributed by atoms with Crippen molar-refractivity contribution in [2.75, 3.05) is 61.5 Å². The van der Waals surface area contributed by atoms with Gasteiger partial charge in [-0.25, -0.2) is 14.0 Å². The van der Waals surface area contributed by atoms with E-state index in [0.717, 1.165) is 0 Å². The van der Waals surface area contributed by atoms with Gasteiger partial charge in [0.2, 0.25) is 5.91 Å². The Kier molecular flexibility index (Phi) is 7.23. The number of methoxy groups -OCH3 is 1. The molecule has 186 valence electrons. The summed E-state index contributed by atoms with van der Waals surface area (Å²) < 4.78 is 25.5. The second-order valence-electron chi connectivity index (χ2n) is 8.29. The molecule has 2 aliphatic rings. The molecule has 4 rings (SSSR count). The third-order valence-corrected chi connectivity index (χ3v) is 5.95. The zero-order valence-electron chi connectivity index (χ0n) is 19.6. The molecule has 0 aromatic heterocycles. The Morgan fingerprint density at radius 2 is 1.89 bits per heavy atom. The average molecular weight is 486 g/mol. The molecule has 10 nitrogen and oxygen atoms in total. The third-order valence-electron chi connectivity index (χ3n) is 5.95. The molecule has 0 unspecified atom stereocenters.